The fourth-order valence-electron chi connectivity index (χ4n) is 3.63. The minimum atomic E-state index is -0.345. The number of phenolic OH excluding ortho intramolecular Hbond substituents is 1. The van der Waals surface area contributed by atoms with Crippen molar-refractivity contribution in [2.45, 2.75) is 13.8 Å². The number of esters is 1. The smallest absolute Gasteiger partial charge is 0.348 e. The molecule has 1 aliphatic rings. The third-order valence-corrected chi connectivity index (χ3v) is 6.35. The van der Waals surface area contributed by atoms with Crippen LogP contribution in [0, 0.1) is 6.92 Å². The Labute approximate surface area is 177 Å². The van der Waals surface area contributed by atoms with Gasteiger partial charge in [-0.2, -0.15) is 0 Å². The molecule has 3 heterocycles. The van der Waals surface area contributed by atoms with E-state index in [1.165, 1.54) is 23.7 Å². The molecule has 1 fully saturated rings. The molecule has 1 N–H and O–H groups in total. The molecule has 0 aliphatic carbocycles. The van der Waals surface area contributed by atoms with Crippen molar-refractivity contribution in [2.24, 2.45) is 0 Å². The number of anilines is 1. The summed E-state index contributed by atoms with van der Waals surface area (Å²) >= 11 is 1.31. The van der Waals surface area contributed by atoms with Gasteiger partial charge in [0.15, 0.2) is 0 Å². The van der Waals surface area contributed by atoms with Crippen LogP contribution in [0.1, 0.15) is 32.5 Å². The summed E-state index contributed by atoms with van der Waals surface area (Å²) in [5, 5.41) is 10.8. The number of piperazine rings is 1. The first kappa shape index (κ1) is 20.1. The molecule has 0 atom stereocenters. The molecule has 1 amide bonds. The minimum absolute atomic E-state index is 0.0113. The summed E-state index contributed by atoms with van der Waals surface area (Å²) in [6.07, 6.45) is 1.50. The minimum Gasteiger partial charge on any atom is -0.507 e. The first-order valence-corrected chi connectivity index (χ1v) is 10.6. The van der Waals surface area contributed by atoms with Crippen LogP contribution in [0.5, 0.6) is 5.75 Å². The van der Waals surface area contributed by atoms with Crippen LogP contribution in [-0.2, 0) is 4.74 Å². The van der Waals surface area contributed by atoms with Crippen LogP contribution in [0.15, 0.2) is 30.6 Å². The number of aromatic nitrogens is 2. The van der Waals surface area contributed by atoms with Crippen LogP contribution in [0.4, 0.5) is 5.82 Å². The standard InChI is InChI=1S/C21H22N4O4S/c1-3-29-21(28)17-13(2)16-18(22-12-23-19(16)30-17)24-8-10-25(11-9-24)20(27)14-6-4-5-7-15(14)26/h4-7,12,26H,3,8-11H2,1-2H3. The molecule has 1 aliphatic heterocycles. The van der Waals surface area contributed by atoms with Crippen molar-refractivity contribution >= 4 is 39.2 Å². The van der Waals surface area contributed by atoms with Crippen molar-refractivity contribution in [3.63, 3.8) is 0 Å². The van der Waals surface area contributed by atoms with Crippen molar-refractivity contribution in [1.82, 2.24) is 14.9 Å². The Morgan fingerprint density at radius 2 is 1.90 bits per heavy atom. The lowest BCUT2D eigenvalue weighted by molar-refractivity contribution is 0.0531. The molecule has 156 valence electrons. The van der Waals surface area contributed by atoms with Crippen LogP contribution in [0.3, 0.4) is 0 Å². The van der Waals surface area contributed by atoms with Gasteiger partial charge in [0, 0.05) is 26.2 Å². The number of nitrogens with zero attached hydrogens (tertiary/aromatic N) is 4. The molecule has 8 nitrogen and oxygen atoms in total. The summed E-state index contributed by atoms with van der Waals surface area (Å²) < 4.78 is 5.16. The number of para-hydroxylation sites is 1. The van der Waals surface area contributed by atoms with Gasteiger partial charge in [-0.25, -0.2) is 14.8 Å². The second-order valence-corrected chi connectivity index (χ2v) is 7.95. The first-order chi connectivity index (χ1) is 14.5. The first-order valence-electron chi connectivity index (χ1n) is 9.74. The van der Waals surface area contributed by atoms with Gasteiger partial charge in [-0.1, -0.05) is 12.1 Å². The maximum atomic E-state index is 12.7. The van der Waals surface area contributed by atoms with Crippen LogP contribution in [-0.4, -0.2) is 64.6 Å². The summed E-state index contributed by atoms with van der Waals surface area (Å²) in [7, 11) is 0. The van der Waals surface area contributed by atoms with Crippen molar-refractivity contribution in [3.05, 3.63) is 46.6 Å². The molecule has 1 saturated heterocycles. The number of benzene rings is 1. The highest BCUT2D eigenvalue weighted by atomic mass is 32.1. The lowest BCUT2D eigenvalue weighted by Gasteiger charge is -2.35. The Hall–Kier alpha value is -3.20. The van der Waals surface area contributed by atoms with Gasteiger partial charge in [0.2, 0.25) is 0 Å². The molecule has 0 saturated carbocycles. The quantitative estimate of drug-likeness (QED) is 0.641. The van der Waals surface area contributed by atoms with Crippen LogP contribution < -0.4 is 4.90 Å². The fourth-order valence-corrected chi connectivity index (χ4v) is 4.67. The molecule has 30 heavy (non-hydrogen) atoms. The lowest BCUT2D eigenvalue weighted by Crippen LogP contribution is -2.49. The number of carbonyl (C=O) groups is 2. The molecular formula is C21H22N4O4S. The second-order valence-electron chi connectivity index (χ2n) is 6.95. The van der Waals surface area contributed by atoms with E-state index in [9.17, 15) is 14.7 Å². The number of rotatable bonds is 4. The molecule has 9 heteroatoms. The van der Waals surface area contributed by atoms with Crippen LogP contribution in [0.2, 0.25) is 0 Å². The number of fused-ring (bicyclic) bond motifs is 1. The second kappa shape index (κ2) is 8.27. The van der Waals surface area contributed by atoms with Crippen molar-refractivity contribution in [1.29, 1.82) is 0 Å². The van der Waals surface area contributed by atoms with E-state index in [2.05, 4.69) is 14.9 Å². The third kappa shape index (κ3) is 3.56. The number of aryl methyl sites for hydroxylation is 1. The van der Waals surface area contributed by atoms with Gasteiger partial charge in [0.1, 0.15) is 27.6 Å². The summed E-state index contributed by atoms with van der Waals surface area (Å²) in [5.41, 5.74) is 1.12. The zero-order chi connectivity index (χ0) is 21.3. The number of hydrogen-bond acceptors (Lipinski definition) is 8. The number of phenols is 1. The molecule has 4 rings (SSSR count). The maximum absolute atomic E-state index is 12.7. The molecule has 3 aromatic rings. The highest BCUT2D eigenvalue weighted by Crippen LogP contribution is 2.35. The van der Waals surface area contributed by atoms with Gasteiger partial charge in [0.25, 0.3) is 5.91 Å². The normalized spacial score (nSPS) is 14.2. The van der Waals surface area contributed by atoms with Gasteiger partial charge in [-0.15, -0.1) is 11.3 Å². The lowest BCUT2D eigenvalue weighted by atomic mass is 10.1. The summed E-state index contributed by atoms with van der Waals surface area (Å²) in [5.74, 6) is 0.223. The molecule has 0 radical (unpaired) electrons. The summed E-state index contributed by atoms with van der Waals surface area (Å²) in [6.45, 7) is 6.18. The topological polar surface area (TPSA) is 95.9 Å². The Kier molecular flexibility index (Phi) is 5.54. The van der Waals surface area contributed by atoms with Crippen molar-refractivity contribution in [3.8, 4) is 5.75 Å². The van der Waals surface area contributed by atoms with Gasteiger partial charge >= 0.3 is 5.97 Å². The monoisotopic (exact) mass is 426 g/mol. The number of ether oxygens (including phenoxy) is 1. The predicted octanol–water partition coefficient (Wildman–Crippen LogP) is 2.84. The van der Waals surface area contributed by atoms with Crippen LogP contribution >= 0.6 is 11.3 Å². The van der Waals surface area contributed by atoms with E-state index in [-0.39, 0.29) is 17.6 Å². The predicted molar refractivity (Wildman–Crippen MR) is 114 cm³/mol. The van der Waals surface area contributed by atoms with Gasteiger partial charge in [0.05, 0.1) is 17.6 Å². The molecule has 0 bridgehead atoms. The van der Waals surface area contributed by atoms with E-state index in [0.29, 0.717) is 43.2 Å². The zero-order valence-corrected chi connectivity index (χ0v) is 17.6. The Morgan fingerprint density at radius 3 is 2.60 bits per heavy atom. The summed E-state index contributed by atoms with van der Waals surface area (Å²) in [6, 6.07) is 6.57. The van der Waals surface area contributed by atoms with E-state index in [0.717, 1.165) is 21.6 Å². The molecule has 1 aromatic carbocycles. The summed E-state index contributed by atoms with van der Waals surface area (Å²) in [4.78, 5) is 38.9. The van der Waals surface area contributed by atoms with E-state index in [1.807, 2.05) is 6.92 Å². The molecule has 0 spiro atoms. The number of carbonyl (C=O) groups excluding carboxylic acids is 2. The number of amides is 1. The van der Waals surface area contributed by atoms with E-state index in [4.69, 9.17) is 4.74 Å². The van der Waals surface area contributed by atoms with E-state index >= 15 is 0 Å². The van der Waals surface area contributed by atoms with Gasteiger partial charge in [-0.05, 0) is 31.5 Å². The molecule has 0 unspecified atom stereocenters. The average molecular weight is 426 g/mol. The zero-order valence-electron chi connectivity index (χ0n) is 16.8. The highest BCUT2D eigenvalue weighted by Gasteiger charge is 2.27. The number of aromatic hydroxyl groups is 1. The molecular weight excluding hydrogens is 404 g/mol. The van der Waals surface area contributed by atoms with E-state index < -0.39 is 0 Å². The van der Waals surface area contributed by atoms with Crippen molar-refractivity contribution in [2.75, 3.05) is 37.7 Å². The van der Waals surface area contributed by atoms with E-state index in [1.54, 1.807) is 30.0 Å². The SMILES string of the molecule is CCOC(=O)c1sc2ncnc(N3CCN(C(=O)c4ccccc4O)CC3)c2c1C. The maximum Gasteiger partial charge on any atom is 0.348 e. The Balaban J connectivity index is 1.56. The largest absolute Gasteiger partial charge is 0.507 e. The van der Waals surface area contributed by atoms with Gasteiger partial charge in [-0.3, -0.25) is 4.79 Å². The van der Waals surface area contributed by atoms with Crippen molar-refractivity contribution < 1.29 is 19.4 Å². The van der Waals surface area contributed by atoms with Crippen LogP contribution in [0.25, 0.3) is 10.2 Å². The Bertz CT molecular complexity index is 1110. The highest BCUT2D eigenvalue weighted by molar-refractivity contribution is 7.20. The average Bonchev–Trinajstić information content (AvgIpc) is 3.11. The fraction of sp³-hybridized carbons (Fsp3) is 0.333. The third-order valence-electron chi connectivity index (χ3n) is 5.17. The Morgan fingerprint density at radius 1 is 1.17 bits per heavy atom. The number of thiophene rings is 1. The number of hydrogen-bond donors (Lipinski definition) is 1. The molecule has 2 aromatic heterocycles. The van der Waals surface area contributed by atoms with Gasteiger partial charge < -0.3 is 19.6 Å².